The number of carbonyl (C=O) groups is 1. The molecule has 1 aliphatic heterocycles. The van der Waals surface area contributed by atoms with E-state index in [2.05, 4.69) is 11.2 Å². The minimum atomic E-state index is -0.430. The monoisotopic (exact) mass is 236 g/mol. The maximum absolute atomic E-state index is 12.2. The molecular formula is C14H24N2O. The van der Waals surface area contributed by atoms with Crippen molar-refractivity contribution in [3.05, 3.63) is 0 Å². The number of nitrogens with zero attached hydrogens (tertiary/aromatic N) is 1. The molecule has 1 aliphatic rings. The van der Waals surface area contributed by atoms with Gasteiger partial charge in [0.15, 0.2) is 0 Å². The lowest BCUT2D eigenvalue weighted by atomic mass is 10.1. The van der Waals surface area contributed by atoms with Crippen molar-refractivity contribution in [1.29, 1.82) is 0 Å². The Morgan fingerprint density at radius 2 is 1.82 bits per heavy atom. The summed E-state index contributed by atoms with van der Waals surface area (Å²) >= 11 is 0. The molecule has 1 rings (SSSR count). The Hall–Kier alpha value is -1.01. The van der Waals surface area contributed by atoms with Crippen molar-refractivity contribution in [1.82, 2.24) is 10.2 Å². The predicted octanol–water partition coefficient (Wildman–Crippen LogP) is 1.78. The van der Waals surface area contributed by atoms with Crippen molar-refractivity contribution in [3.8, 4) is 12.3 Å². The highest BCUT2D eigenvalue weighted by Crippen LogP contribution is 2.11. The normalized spacial score (nSPS) is 19.3. The number of nitrogens with one attached hydrogen (secondary N) is 1. The zero-order valence-corrected chi connectivity index (χ0v) is 11.3. The molecule has 0 aliphatic carbocycles. The molecule has 1 unspecified atom stereocenters. The van der Waals surface area contributed by atoms with Crippen LogP contribution in [0.4, 0.5) is 0 Å². The van der Waals surface area contributed by atoms with E-state index in [0.717, 1.165) is 25.9 Å². The summed E-state index contributed by atoms with van der Waals surface area (Å²) in [5, 5.41) is 3.20. The van der Waals surface area contributed by atoms with Crippen LogP contribution >= 0.6 is 0 Å². The number of terminal acetylenes is 1. The van der Waals surface area contributed by atoms with Crippen LogP contribution in [0.25, 0.3) is 0 Å². The molecule has 1 saturated heterocycles. The predicted molar refractivity (Wildman–Crippen MR) is 70.6 cm³/mol. The van der Waals surface area contributed by atoms with Crippen LogP contribution in [-0.2, 0) is 4.79 Å². The fourth-order valence-electron chi connectivity index (χ4n) is 2.21. The van der Waals surface area contributed by atoms with Crippen molar-refractivity contribution < 1.29 is 4.79 Å². The van der Waals surface area contributed by atoms with Crippen molar-refractivity contribution >= 4 is 5.91 Å². The number of likely N-dealkylation sites (tertiary alicyclic amines) is 1. The van der Waals surface area contributed by atoms with Gasteiger partial charge >= 0.3 is 0 Å². The highest BCUT2D eigenvalue weighted by molar-refractivity contribution is 5.81. The topological polar surface area (TPSA) is 32.3 Å². The van der Waals surface area contributed by atoms with Crippen LogP contribution in [0.5, 0.6) is 0 Å². The van der Waals surface area contributed by atoms with Gasteiger partial charge in [-0.15, -0.1) is 6.42 Å². The van der Waals surface area contributed by atoms with E-state index in [1.807, 2.05) is 25.7 Å². The molecule has 0 saturated carbocycles. The van der Waals surface area contributed by atoms with Crippen molar-refractivity contribution in [2.75, 3.05) is 13.1 Å². The van der Waals surface area contributed by atoms with Crippen molar-refractivity contribution in [3.63, 3.8) is 0 Å². The van der Waals surface area contributed by atoms with Crippen LogP contribution in [0.1, 0.15) is 46.5 Å². The molecule has 0 spiro atoms. The van der Waals surface area contributed by atoms with Gasteiger partial charge in [0.1, 0.15) is 0 Å². The Labute approximate surface area is 105 Å². The van der Waals surface area contributed by atoms with Crippen LogP contribution < -0.4 is 5.32 Å². The molecule has 0 aromatic carbocycles. The molecule has 0 aromatic rings. The lowest BCUT2D eigenvalue weighted by molar-refractivity contribution is -0.133. The highest BCUT2D eigenvalue weighted by Gasteiger charge is 2.25. The number of hydrogen-bond donors (Lipinski definition) is 1. The fraction of sp³-hybridized carbons (Fsp3) is 0.786. The largest absolute Gasteiger partial charge is 0.341 e. The first-order valence-electron chi connectivity index (χ1n) is 6.50. The molecule has 3 heteroatoms. The lowest BCUT2D eigenvalue weighted by Crippen LogP contribution is -2.52. The van der Waals surface area contributed by atoms with E-state index < -0.39 is 5.54 Å². The van der Waals surface area contributed by atoms with Gasteiger partial charge in [-0.1, -0.05) is 18.8 Å². The Morgan fingerprint density at radius 3 is 2.29 bits per heavy atom. The standard InChI is InChI=1S/C14H24N2O/c1-5-14(3,4)15-12(2)13(17)16-10-8-6-7-9-11-16/h1,12,15H,6-11H2,2-4H3. The first-order valence-corrected chi connectivity index (χ1v) is 6.50. The second-order valence-electron chi connectivity index (χ2n) is 5.37. The molecule has 1 fully saturated rings. The van der Waals surface area contributed by atoms with Crippen LogP contribution in [0, 0.1) is 12.3 Å². The second kappa shape index (κ2) is 6.07. The Kier molecular flexibility index (Phi) is 5.02. The molecule has 1 amide bonds. The summed E-state index contributed by atoms with van der Waals surface area (Å²) in [6, 6.07) is -0.209. The minimum absolute atomic E-state index is 0.176. The van der Waals surface area contributed by atoms with Crippen LogP contribution in [0.2, 0.25) is 0 Å². The van der Waals surface area contributed by atoms with E-state index >= 15 is 0 Å². The summed E-state index contributed by atoms with van der Waals surface area (Å²) in [4.78, 5) is 14.2. The van der Waals surface area contributed by atoms with Gasteiger partial charge in [-0.2, -0.15) is 0 Å². The van der Waals surface area contributed by atoms with Crippen molar-refractivity contribution in [2.45, 2.75) is 58.0 Å². The van der Waals surface area contributed by atoms with Gasteiger partial charge in [-0.3, -0.25) is 10.1 Å². The van der Waals surface area contributed by atoms with Gasteiger partial charge in [0.05, 0.1) is 11.6 Å². The van der Waals surface area contributed by atoms with Gasteiger partial charge in [-0.25, -0.2) is 0 Å². The van der Waals surface area contributed by atoms with E-state index in [9.17, 15) is 4.79 Å². The quantitative estimate of drug-likeness (QED) is 0.758. The number of carbonyl (C=O) groups excluding carboxylic acids is 1. The van der Waals surface area contributed by atoms with E-state index in [4.69, 9.17) is 6.42 Å². The average Bonchev–Trinajstić information content (AvgIpc) is 2.56. The minimum Gasteiger partial charge on any atom is -0.341 e. The van der Waals surface area contributed by atoms with E-state index in [0.29, 0.717) is 0 Å². The van der Waals surface area contributed by atoms with Gasteiger partial charge in [-0.05, 0) is 33.6 Å². The third-order valence-corrected chi connectivity index (χ3v) is 3.23. The highest BCUT2D eigenvalue weighted by atomic mass is 16.2. The molecular weight excluding hydrogens is 212 g/mol. The third-order valence-electron chi connectivity index (χ3n) is 3.23. The van der Waals surface area contributed by atoms with E-state index in [1.165, 1.54) is 12.8 Å². The maximum Gasteiger partial charge on any atom is 0.239 e. The van der Waals surface area contributed by atoms with Gasteiger partial charge in [0.2, 0.25) is 5.91 Å². The van der Waals surface area contributed by atoms with Crippen LogP contribution in [0.15, 0.2) is 0 Å². The fourth-order valence-corrected chi connectivity index (χ4v) is 2.21. The molecule has 1 N–H and O–H groups in total. The van der Waals surface area contributed by atoms with Crippen LogP contribution in [0.3, 0.4) is 0 Å². The Balaban J connectivity index is 2.53. The molecule has 0 radical (unpaired) electrons. The maximum atomic E-state index is 12.2. The molecule has 3 nitrogen and oxygen atoms in total. The number of rotatable bonds is 3. The molecule has 1 heterocycles. The molecule has 0 aromatic heterocycles. The summed E-state index contributed by atoms with van der Waals surface area (Å²) < 4.78 is 0. The summed E-state index contributed by atoms with van der Waals surface area (Å²) in [7, 11) is 0. The van der Waals surface area contributed by atoms with Crippen molar-refractivity contribution in [2.24, 2.45) is 0 Å². The van der Waals surface area contributed by atoms with E-state index in [1.54, 1.807) is 0 Å². The van der Waals surface area contributed by atoms with Gasteiger partial charge < -0.3 is 4.90 Å². The second-order valence-corrected chi connectivity index (χ2v) is 5.37. The van der Waals surface area contributed by atoms with Gasteiger partial charge in [0.25, 0.3) is 0 Å². The summed E-state index contributed by atoms with van der Waals surface area (Å²) in [6.45, 7) is 7.51. The first-order chi connectivity index (χ1) is 7.96. The number of hydrogen-bond acceptors (Lipinski definition) is 2. The number of amides is 1. The third kappa shape index (κ3) is 4.40. The van der Waals surface area contributed by atoms with E-state index in [-0.39, 0.29) is 11.9 Å². The lowest BCUT2D eigenvalue weighted by Gasteiger charge is -2.29. The zero-order chi connectivity index (χ0) is 12.9. The molecule has 1 atom stereocenters. The Morgan fingerprint density at radius 1 is 1.29 bits per heavy atom. The molecule has 0 bridgehead atoms. The summed E-state index contributed by atoms with van der Waals surface area (Å²) in [6.07, 6.45) is 10.1. The Bertz CT molecular complexity index is 296. The van der Waals surface area contributed by atoms with Crippen LogP contribution in [-0.4, -0.2) is 35.5 Å². The summed E-state index contributed by atoms with van der Waals surface area (Å²) in [5.41, 5.74) is -0.430. The summed E-state index contributed by atoms with van der Waals surface area (Å²) in [5.74, 6) is 2.84. The zero-order valence-electron chi connectivity index (χ0n) is 11.3. The van der Waals surface area contributed by atoms with Gasteiger partial charge in [0, 0.05) is 13.1 Å². The first kappa shape index (κ1) is 14.1. The smallest absolute Gasteiger partial charge is 0.239 e. The molecule has 96 valence electrons. The SMILES string of the molecule is C#CC(C)(C)NC(C)C(=O)N1CCCCCC1. The molecule has 17 heavy (non-hydrogen) atoms. The average molecular weight is 236 g/mol.